The van der Waals surface area contributed by atoms with Gasteiger partial charge in [-0.1, -0.05) is 0 Å². The number of aromatic nitrogens is 2. The molecule has 1 aliphatic heterocycles. The molecule has 0 bridgehead atoms. The summed E-state index contributed by atoms with van der Waals surface area (Å²) in [6, 6.07) is 0. The van der Waals surface area contributed by atoms with Crippen LogP contribution in [0.4, 0.5) is 5.82 Å². The van der Waals surface area contributed by atoms with Crippen molar-refractivity contribution in [1.82, 2.24) is 9.97 Å². The van der Waals surface area contributed by atoms with Crippen LogP contribution in [0.5, 0.6) is 0 Å². The van der Waals surface area contributed by atoms with Crippen LogP contribution in [0, 0.1) is 0 Å². The molecule has 6 nitrogen and oxygen atoms in total. The van der Waals surface area contributed by atoms with Crippen LogP contribution in [0.15, 0.2) is 0 Å². The van der Waals surface area contributed by atoms with Gasteiger partial charge >= 0.3 is 0 Å². The summed E-state index contributed by atoms with van der Waals surface area (Å²) >= 11 is 0. The molecule has 0 amide bonds. The normalized spacial score (nSPS) is 17.7. The van der Waals surface area contributed by atoms with Crippen molar-refractivity contribution in [2.45, 2.75) is 11.5 Å². The second-order valence-electron chi connectivity index (χ2n) is 3.04. The van der Waals surface area contributed by atoms with Gasteiger partial charge < -0.3 is 5.73 Å². The number of fused-ring (bicyclic) bond motifs is 1. The van der Waals surface area contributed by atoms with Gasteiger partial charge in [0.1, 0.15) is 5.82 Å². The largest absolute Gasteiger partial charge is 0.383 e. The third kappa shape index (κ3) is 1.35. The van der Waals surface area contributed by atoms with Crippen molar-refractivity contribution in [1.29, 1.82) is 0 Å². The Morgan fingerprint density at radius 2 is 2.00 bits per heavy atom. The molecule has 0 radical (unpaired) electrons. The van der Waals surface area contributed by atoms with Crippen molar-refractivity contribution < 1.29 is 13.2 Å². The first-order valence-electron chi connectivity index (χ1n) is 3.83. The Kier molecular flexibility index (Phi) is 1.78. The van der Waals surface area contributed by atoms with E-state index in [1.807, 2.05) is 0 Å². The minimum atomic E-state index is -3.15. The Labute approximate surface area is 80.1 Å². The van der Waals surface area contributed by atoms with Gasteiger partial charge in [0.05, 0.1) is 17.2 Å². The lowest BCUT2D eigenvalue weighted by Gasteiger charge is -2.00. The van der Waals surface area contributed by atoms with Crippen LogP contribution in [0.3, 0.4) is 0 Å². The van der Waals surface area contributed by atoms with E-state index >= 15 is 0 Å². The van der Waals surface area contributed by atoms with E-state index in [1.165, 1.54) is 0 Å². The number of nitrogens with two attached hydrogens (primary N) is 1. The Morgan fingerprint density at radius 3 is 2.64 bits per heavy atom. The van der Waals surface area contributed by atoms with E-state index in [9.17, 15) is 13.2 Å². The molecule has 0 spiro atoms. The van der Waals surface area contributed by atoms with Crippen LogP contribution in [0.1, 0.15) is 21.9 Å². The summed E-state index contributed by atoms with van der Waals surface area (Å²) in [6.45, 7) is 0. The van der Waals surface area contributed by atoms with E-state index in [4.69, 9.17) is 5.73 Å². The predicted octanol–water partition coefficient (Wildman–Crippen LogP) is -0.700. The fourth-order valence-corrected chi connectivity index (χ4v) is 2.89. The summed E-state index contributed by atoms with van der Waals surface area (Å²) in [7, 11) is -3.15. The van der Waals surface area contributed by atoms with Gasteiger partial charge in [0, 0.05) is 5.56 Å². The fraction of sp³-hybridized carbons (Fsp3) is 0.286. The molecular weight excluding hydrogens is 206 g/mol. The standard InChI is InChI=1S/C7H7N3O3S/c8-7-4-2-14(12,13)3-5(4)9-6(1-11)10-7/h1H,2-3H2,(H2,8,9,10). The minimum Gasteiger partial charge on any atom is -0.383 e. The smallest absolute Gasteiger partial charge is 0.194 e. The lowest BCUT2D eigenvalue weighted by Crippen LogP contribution is -2.04. The van der Waals surface area contributed by atoms with E-state index in [-0.39, 0.29) is 23.1 Å². The highest BCUT2D eigenvalue weighted by atomic mass is 32.2. The third-order valence-electron chi connectivity index (χ3n) is 1.97. The fourth-order valence-electron chi connectivity index (χ4n) is 1.38. The zero-order valence-corrected chi connectivity index (χ0v) is 7.91. The van der Waals surface area contributed by atoms with Gasteiger partial charge in [-0.05, 0) is 0 Å². The van der Waals surface area contributed by atoms with Gasteiger partial charge in [-0.2, -0.15) is 0 Å². The molecule has 74 valence electrons. The highest BCUT2D eigenvalue weighted by Crippen LogP contribution is 2.26. The van der Waals surface area contributed by atoms with Gasteiger partial charge in [0.2, 0.25) is 0 Å². The van der Waals surface area contributed by atoms with Crippen LogP contribution in [-0.2, 0) is 21.3 Å². The molecule has 2 rings (SSSR count). The number of nitrogens with zero attached hydrogens (tertiary/aromatic N) is 2. The van der Waals surface area contributed by atoms with Crippen LogP contribution >= 0.6 is 0 Å². The average Bonchev–Trinajstić information content (AvgIpc) is 2.40. The molecular formula is C7H7N3O3S. The average molecular weight is 213 g/mol. The Morgan fingerprint density at radius 1 is 1.29 bits per heavy atom. The number of hydrogen-bond acceptors (Lipinski definition) is 6. The number of carbonyl (C=O) groups is 1. The Balaban J connectivity index is 2.63. The molecule has 1 aromatic heterocycles. The highest BCUT2D eigenvalue weighted by molar-refractivity contribution is 7.90. The second-order valence-corrected chi connectivity index (χ2v) is 5.11. The predicted molar refractivity (Wildman–Crippen MR) is 48.2 cm³/mol. The van der Waals surface area contributed by atoms with E-state index in [1.54, 1.807) is 0 Å². The summed E-state index contributed by atoms with van der Waals surface area (Å²) in [4.78, 5) is 17.8. The zero-order chi connectivity index (χ0) is 10.3. The van der Waals surface area contributed by atoms with Crippen molar-refractivity contribution in [3.8, 4) is 0 Å². The maximum atomic E-state index is 11.2. The molecule has 0 saturated heterocycles. The molecule has 0 saturated carbocycles. The van der Waals surface area contributed by atoms with Crippen molar-refractivity contribution in [2.75, 3.05) is 5.73 Å². The monoisotopic (exact) mass is 213 g/mol. The van der Waals surface area contributed by atoms with E-state index in [0.29, 0.717) is 17.5 Å². The summed E-state index contributed by atoms with van der Waals surface area (Å²) in [6.07, 6.45) is 0.446. The third-order valence-corrected chi connectivity index (χ3v) is 3.41. The number of aldehydes is 1. The van der Waals surface area contributed by atoms with Gasteiger partial charge in [0.25, 0.3) is 0 Å². The Bertz CT molecular complexity index is 509. The molecule has 0 aromatic carbocycles. The van der Waals surface area contributed by atoms with Crippen LogP contribution < -0.4 is 5.73 Å². The van der Waals surface area contributed by atoms with Crippen molar-refractivity contribution >= 4 is 21.9 Å². The van der Waals surface area contributed by atoms with Gasteiger partial charge in [0.15, 0.2) is 21.9 Å². The number of sulfone groups is 1. The highest BCUT2D eigenvalue weighted by Gasteiger charge is 2.29. The van der Waals surface area contributed by atoms with Crippen LogP contribution in [0.25, 0.3) is 0 Å². The first-order chi connectivity index (χ1) is 6.52. The molecule has 0 aliphatic carbocycles. The topological polar surface area (TPSA) is 103 Å². The molecule has 2 heterocycles. The molecule has 0 atom stereocenters. The minimum absolute atomic E-state index is 0.0710. The summed E-state index contributed by atoms with van der Waals surface area (Å²) in [5.41, 5.74) is 6.27. The molecule has 14 heavy (non-hydrogen) atoms. The zero-order valence-electron chi connectivity index (χ0n) is 7.10. The summed E-state index contributed by atoms with van der Waals surface area (Å²) < 4.78 is 22.5. The number of nitrogen functional groups attached to an aromatic ring is 1. The molecule has 7 heteroatoms. The summed E-state index contributed by atoms with van der Waals surface area (Å²) in [5.74, 6) is -0.278. The first kappa shape index (κ1) is 9.07. The maximum absolute atomic E-state index is 11.2. The quantitative estimate of drug-likeness (QED) is 0.619. The van der Waals surface area contributed by atoms with Crippen molar-refractivity contribution in [3.05, 3.63) is 17.1 Å². The summed E-state index contributed by atoms with van der Waals surface area (Å²) in [5, 5.41) is 0. The SMILES string of the molecule is Nc1nc(C=O)nc2c1CS(=O)(=O)C2. The lowest BCUT2D eigenvalue weighted by molar-refractivity contribution is 0.111. The number of hydrogen-bond donors (Lipinski definition) is 1. The molecule has 0 fully saturated rings. The number of anilines is 1. The molecule has 1 aromatic rings. The van der Waals surface area contributed by atoms with Crippen LogP contribution in [-0.4, -0.2) is 24.7 Å². The van der Waals surface area contributed by atoms with Gasteiger partial charge in [-0.3, -0.25) is 4.79 Å². The van der Waals surface area contributed by atoms with Crippen LogP contribution in [0.2, 0.25) is 0 Å². The lowest BCUT2D eigenvalue weighted by atomic mass is 10.2. The van der Waals surface area contributed by atoms with E-state index in [0.717, 1.165) is 0 Å². The van der Waals surface area contributed by atoms with E-state index in [2.05, 4.69) is 9.97 Å². The number of carbonyl (C=O) groups excluding carboxylic acids is 1. The van der Waals surface area contributed by atoms with E-state index < -0.39 is 9.84 Å². The van der Waals surface area contributed by atoms with Gasteiger partial charge in [-0.25, -0.2) is 18.4 Å². The molecule has 2 N–H and O–H groups in total. The molecule has 0 unspecified atom stereocenters. The number of rotatable bonds is 1. The molecule has 1 aliphatic rings. The van der Waals surface area contributed by atoms with Gasteiger partial charge in [-0.15, -0.1) is 0 Å². The second kappa shape index (κ2) is 2.74. The Hall–Kier alpha value is -1.50. The van der Waals surface area contributed by atoms with Crippen molar-refractivity contribution in [2.24, 2.45) is 0 Å². The maximum Gasteiger partial charge on any atom is 0.194 e. The first-order valence-corrected chi connectivity index (χ1v) is 5.65. The van der Waals surface area contributed by atoms with Crippen molar-refractivity contribution in [3.63, 3.8) is 0 Å².